The first-order valence-electron chi connectivity index (χ1n) is 11.9. The molecule has 7 nitrogen and oxygen atoms in total. The number of thiophene rings is 1. The first kappa shape index (κ1) is 22.2. The molecule has 0 saturated carbocycles. The molecule has 10 heteroatoms. The van der Waals surface area contributed by atoms with Crippen molar-refractivity contribution in [2.75, 3.05) is 13.1 Å². The molecule has 0 atom stereocenters. The summed E-state index contributed by atoms with van der Waals surface area (Å²) in [5, 5.41) is 10.4. The number of H-pyrrole nitrogens is 2. The lowest BCUT2D eigenvalue weighted by Gasteiger charge is -2.15. The van der Waals surface area contributed by atoms with Gasteiger partial charge in [-0.2, -0.15) is 5.10 Å². The zero-order valence-corrected chi connectivity index (χ0v) is 20.4. The Balaban J connectivity index is 1.24. The van der Waals surface area contributed by atoms with E-state index in [2.05, 4.69) is 42.7 Å². The highest BCUT2D eigenvalue weighted by molar-refractivity contribution is 7.13. The number of imidazole rings is 1. The highest BCUT2D eigenvalue weighted by Crippen LogP contribution is 2.34. The lowest BCUT2D eigenvalue weighted by Crippen LogP contribution is -2.24. The molecule has 5 aromatic heterocycles. The molecular formula is C27H21F2N7S. The first-order chi connectivity index (χ1) is 18.0. The van der Waals surface area contributed by atoms with Crippen LogP contribution in [0.3, 0.4) is 0 Å². The Morgan fingerprint density at radius 2 is 1.97 bits per heavy atom. The van der Waals surface area contributed by atoms with Crippen LogP contribution in [0.1, 0.15) is 12.0 Å². The molecule has 0 unspecified atom stereocenters. The largest absolute Gasteiger partial charge is 0.337 e. The van der Waals surface area contributed by atoms with E-state index in [1.807, 2.05) is 30.3 Å². The van der Waals surface area contributed by atoms with Gasteiger partial charge in [0.15, 0.2) is 11.5 Å². The third-order valence-corrected chi connectivity index (χ3v) is 7.63. The number of aromatic nitrogens is 6. The fourth-order valence-corrected chi connectivity index (χ4v) is 5.70. The maximum absolute atomic E-state index is 13.6. The first-order valence-corrected chi connectivity index (χ1v) is 12.8. The predicted molar refractivity (Wildman–Crippen MR) is 140 cm³/mol. The van der Waals surface area contributed by atoms with Gasteiger partial charge < -0.3 is 4.98 Å². The number of hydrogen-bond donors (Lipinski definition) is 2. The van der Waals surface area contributed by atoms with E-state index in [9.17, 15) is 8.78 Å². The fourth-order valence-electron chi connectivity index (χ4n) is 4.95. The van der Waals surface area contributed by atoms with Crippen LogP contribution in [0.5, 0.6) is 0 Å². The number of nitrogens with zero attached hydrogens (tertiary/aromatic N) is 5. The summed E-state index contributed by atoms with van der Waals surface area (Å²) in [6, 6.07) is 14.2. The second-order valence-corrected chi connectivity index (χ2v) is 10.3. The Morgan fingerprint density at radius 1 is 1.05 bits per heavy atom. The van der Waals surface area contributed by atoms with Crippen molar-refractivity contribution in [1.29, 1.82) is 0 Å². The third-order valence-electron chi connectivity index (χ3n) is 6.72. The summed E-state index contributed by atoms with van der Waals surface area (Å²) in [4.78, 5) is 20.2. The normalized spacial score (nSPS) is 15.7. The number of nitrogens with one attached hydrogen (secondary N) is 2. The van der Waals surface area contributed by atoms with E-state index in [0.29, 0.717) is 30.3 Å². The van der Waals surface area contributed by atoms with Crippen LogP contribution in [0.4, 0.5) is 8.78 Å². The van der Waals surface area contributed by atoms with E-state index in [4.69, 9.17) is 4.98 Å². The maximum atomic E-state index is 13.6. The number of para-hydroxylation sites is 1. The van der Waals surface area contributed by atoms with Crippen LogP contribution in [0, 0.1) is 0 Å². The highest BCUT2D eigenvalue weighted by atomic mass is 32.1. The van der Waals surface area contributed by atoms with Crippen molar-refractivity contribution in [3.05, 3.63) is 72.0 Å². The van der Waals surface area contributed by atoms with Crippen LogP contribution in [0.2, 0.25) is 0 Å². The molecule has 6 heterocycles. The van der Waals surface area contributed by atoms with E-state index in [0.717, 1.165) is 43.6 Å². The molecule has 0 aliphatic carbocycles. The van der Waals surface area contributed by atoms with Crippen molar-refractivity contribution in [3.8, 4) is 33.1 Å². The van der Waals surface area contributed by atoms with Gasteiger partial charge >= 0.3 is 0 Å². The van der Waals surface area contributed by atoms with Gasteiger partial charge in [-0.25, -0.2) is 18.7 Å². The minimum atomic E-state index is -2.61. The third kappa shape index (κ3) is 4.08. The van der Waals surface area contributed by atoms with E-state index in [-0.39, 0.29) is 13.0 Å². The summed E-state index contributed by atoms with van der Waals surface area (Å²) in [5.74, 6) is -1.95. The Morgan fingerprint density at radius 3 is 2.81 bits per heavy atom. The van der Waals surface area contributed by atoms with Crippen molar-refractivity contribution >= 4 is 33.4 Å². The van der Waals surface area contributed by atoms with Gasteiger partial charge in [-0.1, -0.05) is 18.2 Å². The number of likely N-dealkylation sites (tertiary alicyclic amines) is 1. The zero-order valence-electron chi connectivity index (χ0n) is 19.6. The summed E-state index contributed by atoms with van der Waals surface area (Å²) in [6.07, 6.45) is 5.16. The number of fused-ring (bicyclic) bond motifs is 2. The molecule has 0 spiro atoms. The molecule has 1 fully saturated rings. The smallest absolute Gasteiger partial charge is 0.261 e. The number of benzene rings is 1. The van der Waals surface area contributed by atoms with Crippen molar-refractivity contribution in [2.24, 2.45) is 0 Å². The molecule has 1 saturated heterocycles. The quantitative estimate of drug-likeness (QED) is 0.290. The molecular weight excluding hydrogens is 492 g/mol. The number of halogens is 2. The van der Waals surface area contributed by atoms with E-state index >= 15 is 0 Å². The number of alkyl halides is 2. The number of hydrogen-bond acceptors (Lipinski definition) is 6. The average Bonchev–Trinajstić information content (AvgIpc) is 3.69. The van der Waals surface area contributed by atoms with Crippen LogP contribution in [-0.2, 0) is 6.54 Å². The Hall–Kier alpha value is -4.02. The van der Waals surface area contributed by atoms with Gasteiger partial charge in [0.05, 0.1) is 23.0 Å². The van der Waals surface area contributed by atoms with Gasteiger partial charge in [0.2, 0.25) is 0 Å². The molecule has 1 aliphatic heterocycles. The maximum Gasteiger partial charge on any atom is 0.261 e. The fraction of sp³-hybridized carbons (Fsp3) is 0.185. The van der Waals surface area contributed by atoms with Gasteiger partial charge in [0.1, 0.15) is 5.69 Å². The Labute approximate surface area is 214 Å². The number of rotatable bonds is 5. The van der Waals surface area contributed by atoms with Gasteiger partial charge in [-0.05, 0) is 35.2 Å². The molecule has 6 aromatic rings. The van der Waals surface area contributed by atoms with Crippen molar-refractivity contribution < 1.29 is 8.78 Å². The monoisotopic (exact) mass is 513 g/mol. The van der Waals surface area contributed by atoms with Crippen LogP contribution in [0.15, 0.2) is 66.4 Å². The van der Waals surface area contributed by atoms with E-state index in [1.54, 1.807) is 34.8 Å². The highest BCUT2D eigenvalue weighted by Gasteiger charge is 2.37. The molecule has 7 rings (SSSR count). The van der Waals surface area contributed by atoms with Crippen molar-refractivity contribution in [1.82, 2.24) is 35.0 Å². The SMILES string of the molecule is FC1(F)CCN(Cc2cncc(-c3cnc4[nH]nc(-c5nc6c(-c7cccs7)cccc6[nH]5)c4c3)c2)C1. The molecule has 1 aromatic carbocycles. The second-order valence-electron chi connectivity index (χ2n) is 9.36. The van der Waals surface area contributed by atoms with Crippen LogP contribution in [0.25, 0.3) is 55.2 Å². The predicted octanol–water partition coefficient (Wildman–Crippen LogP) is 6.13. The summed E-state index contributed by atoms with van der Waals surface area (Å²) in [6.45, 7) is 0.609. The zero-order chi connectivity index (χ0) is 25.0. The van der Waals surface area contributed by atoms with Crippen LogP contribution >= 0.6 is 11.3 Å². The summed E-state index contributed by atoms with van der Waals surface area (Å²) >= 11 is 1.68. The number of pyridine rings is 2. The molecule has 0 amide bonds. The van der Waals surface area contributed by atoms with Crippen molar-refractivity contribution in [2.45, 2.75) is 18.9 Å². The molecule has 37 heavy (non-hydrogen) atoms. The van der Waals surface area contributed by atoms with Crippen LogP contribution < -0.4 is 0 Å². The Kier molecular flexibility index (Phi) is 5.12. The minimum Gasteiger partial charge on any atom is -0.337 e. The molecule has 0 bridgehead atoms. The molecule has 2 N–H and O–H groups in total. The Bertz CT molecular complexity index is 1740. The van der Waals surface area contributed by atoms with Crippen molar-refractivity contribution in [3.63, 3.8) is 0 Å². The van der Waals surface area contributed by atoms with E-state index in [1.165, 1.54) is 0 Å². The summed E-state index contributed by atoms with van der Waals surface area (Å²) < 4.78 is 27.2. The molecule has 184 valence electrons. The second kappa shape index (κ2) is 8.53. The molecule has 1 aliphatic rings. The van der Waals surface area contributed by atoms with Gasteiger partial charge in [-0.3, -0.25) is 15.0 Å². The van der Waals surface area contributed by atoms with E-state index < -0.39 is 5.92 Å². The van der Waals surface area contributed by atoms with Gasteiger partial charge in [0, 0.05) is 59.7 Å². The minimum absolute atomic E-state index is 0.0966. The van der Waals surface area contributed by atoms with Crippen LogP contribution in [-0.4, -0.2) is 54.0 Å². The molecule has 0 radical (unpaired) electrons. The average molecular weight is 514 g/mol. The lowest BCUT2D eigenvalue weighted by atomic mass is 10.1. The standard InChI is InChI=1S/C27H21F2N7S/c28-27(29)6-7-36(15-27)14-16-9-17(12-30-11-16)18-10-20-24(34-35-25(20)31-13-18)26-32-21-4-1-3-19(23(21)33-26)22-5-2-8-37-22/h1-5,8-13H,6-7,14-15H2,(H,32,33)(H,31,34,35). The van der Waals surface area contributed by atoms with Gasteiger partial charge in [-0.15, -0.1) is 11.3 Å². The lowest BCUT2D eigenvalue weighted by molar-refractivity contribution is 0.0115. The summed E-state index contributed by atoms with van der Waals surface area (Å²) in [7, 11) is 0. The summed E-state index contributed by atoms with van der Waals surface area (Å²) in [5.41, 5.74) is 6.87. The number of aromatic amines is 2. The van der Waals surface area contributed by atoms with Gasteiger partial charge in [0.25, 0.3) is 5.92 Å². The topological polar surface area (TPSA) is 86.4 Å².